The molecule has 86 valence electrons. The topological polar surface area (TPSA) is 23.5 Å². The molecular formula is C13H23NO. The van der Waals surface area contributed by atoms with E-state index in [1.54, 1.807) is 0 Å². The SMILES string of the molecule is C=CCCC(O)C1CC2CCC(C1)N2C. The summed E-state index contributed by atoms with van der Waals surface area (Å²) >= 11 is 0. The van der Waals surface area contributed by atoms with Gasteiger partial charge >= 0.3 is 0 Å². The van der Waals surface area contributed by atoms with Crippen molar-refractivity contribution in [1.82, 2.24) is 4.90 Å². The molecule has 2 rings (SSSR count). The maximum Gasteiger partial charge on any atom is 0.0572 e. The lowest BCUT2D eigenvalue weighted by molar-refractivity contribution is 0.0324. The maximum absolute atomic E-state index is 10.1. The zero-order valence-corrected chi connectivity index (χ0v) is 9.73. The first kappa shape index (κ1) is 11.2. The summed E-state index contributed by atoms with van der Waals surface area (Å²) in [5, 5.41) is 10.1. The lowest BCUT2D eigenvalue weighted by atomic mass is 9.85. The lowest BCUT2D eigenvalue weighted by Crippen LogP contribution is -2.43. The Balaban J connectivity index is 1.87. The number of aliphatic hydroxyl groups excluding tert-OH is 1. The molecule has 0 spiro atoms. The molecule has 3 atom stereocenters. The third-order valence-corrected chi connectivity index (χ3v) is 4.35. The summed E-state index contributed by atoms with van der Waals surface area (Å²) in [6.07, 6.45) is 8.74. The monoisotopic (exact) mass is 209 g/mol. The van der Waals surface area contributed by atoms with Gasteiger partial charge in [-0.25, -0.2) is 0 Å². The Hall–Kier alpha value is -0.340. The number of piperidine rings is 1. The molecule has 2 aliphatic heterocycles. The van der Waals surface area contributed by atoms with Gasteiger partial charge in [0, 0.05) is 12.1 Å². The van der Waals surface area contributed by atoms with Crippen molar-refractivity contribution in [3.8, 4) is 0 Å². The number of rotatable bonds is 4. The van der Waals surface area contributed by atoms with Crippen LogP contribution in [0, 0.1) is 5.92 Å². The van der Waals surface area contributed by atoms with Crippen LogP contribution in [0.3, 0.4) is 0 Å². The van der Waals surface area contributed by atoms with Crippen LogP contribution in [0.15, 0.2) is 12.7 Å². The summed E-state index contributed by atoms with van der Waals surface area (Å²) in [5.74, 6) is 0.540. The number of hydrogen-bond acceptors (Lipinski definition) is 2. The van der Waals surface area contributed by atoms with E-state index in [4.69, 9.17) is 0 Å². The van der Waals surface area contributed by atoms with Crippen molar-refractivity contribution in [2.45, 2.75) is 56.7 Å². The molecule has 0 radical (unpaired) electrons. The minimum absolute atomic E-state index is 0.0974. The smallest absolute Gasteiger partial charge is 0.0572 e. The molecule has 0 aliphatic carbocycles. The summed E-state index contributed by atoms with van der Waals surface area (Å²) < 4.78 is 0. The summed E-state index contributed by atoms with van der Waals surface area (Å²) in [7, 11) is 2.24. The van der Waals surface area contributed by atoms with E-state index in [-0.39, 0.29) is 6.10 Å². The Morgan fingerprint density at radius 2 is 2.00 bits per heavy atom. The van der Waals surface area contributed by atoms with E-state index in [2.05, 4.69) is 18.5 Å². The van der Waals surface area contributed by atoms with Gasteiger partial charge in [0.1, 0.15) is 0 Å². The van der Waals surface area contributed by atoms with Crippen molar-refractivity contribution in [3.63, 3.8) is 0 Å². The molecule has 2 saturated heterocycles. The lowest BCUT2D eigenvalue weighted by Gasteiger charge is -2.38. The molecule has 0 amide bonds. The fourth-order valence-electron chi connectivity index (χ4n) is 3.29. The fourth-order valence-corrected chi connectivity index (χ4v) is 3.29. The van der Waals surface area contributed by atoms with Crippen LogP contribution in [-0.4, -0.2) is 35.2 Å². The van der Waals surface area contributed by atoms with Crippen molar-refractivity contribution in [1.29, 1.82) is 0 Å². The molecule has 0 aromatic carbocycles. The van der Waals surface area contributed by atoms with Gasteiger partial charge in [0.2, 0.25) is 0 Å². The first-order valence-electron chi connectivity index (χ1n) is 6.23. The Bertz CT molecular complexity index is 215. The molecule has 1 N–H and O–H groups in total. The highest BCUT2D eigenvalue weighted by atomic mass is 16.3. The van der Waals surface area contributed by atoms with Crippen LogP contribution in [0.4, 0.5) is 0 Å². The van der Waals surface area contributed by atoms with Gasteiger partial charge in [-0.05, 0) is 51.5 Å². The zero-order valence-electron chi connectivity index (χ0n) is 9.73. The second-order valence-electron chi connectivity index (χ2n) is 5.22. The molecule has 0 aromatic rings. The normalized spacial score (nSPS) is 37.9. The van der Waals surface area contributed by atoms with Crippen LogP contribution in [0.5, 0.6) is 0 Å². The van der Waals surface area contributed by atoms with Crippen molar-refractivity contribution in [2.24, 2.45) is 5.92 Å². The van der Waals surface area contributed by atoms with Gasteiger partial charge in [-0.2, -0.15) is 0 Å². The van der Waals surface area contributed by atoms with Gasteiger partial charge in [-0.1, -0.05) is 6.08 Å². The van der Waals surface area contributed by atoms with E-state index < -0.39 is 0 Å². The zero-order chi connectivity index (χ0) is 10.8. The molecule has 0 aromatic heterocycles. The molecule has 2 fully saturated rings. The Morgan fingerprint density at radius 3 is 2.53 bits per heavy atom. The predicted octanol–water partition coefficient (Wildman–Crippen LogP) is 2.19. The van der Waals surface area contributed by atoms with E-state index in [0.717, 1.165) is 24.9 Å². The second kappa shape index (κ2) is 4.67. The first-order valence-corrected chi connectivity index (χ1v) is 6.23. The largest absolute Gasteiger partial charge is 0.393 e. The standard InChI is InChI=1S/C13H23NO/c1-3-4-5-13(15)10-8-11-6-7-12(9-10)14(11)2/h3,10-13,15H,1,4-9H2,2H3. The molecule has 2 heterocycles. The molecule has 2 nitrogen and oxygen atoms in total. The molecule has 0 saturated carbocycles. The molecule has 2 aliphatic rings. The summed E-state index contributed by atoms with van der Waals surface area (Å²) in [6, 6.07) is 1.49. The average molecular weight is 209 g/mol. The minimum atomic E-state index is -0.0974. The average Bonchev–Trinajstić information content (AvgIpc) is 2.49. The van der Waals surface area contributed by atoms with E-state index in [1.165, 1.54) is 25.7 Å². The van der Waals surface area contributed by atoms with Crippen LogP contribution in [0.2, 0.25) is 0 Å². The first-order chi connectivity index (χ1) is 7.22. The number of aliphatic hydroxyl groups is 1. The van der Waals surface area contributed by atoms with Crippen molar-refractivity contribution in [2.75, 3.05) is 7.05 Å². The Morgan fingerprint density at radius 1 is 1.40 bits per heavy atom. The number of hydrogen-bond donors (Lipinski definition) is 1. The molecule has 2 heteroatoms. The number of allylic oxidation sites excluding steroid dienone is 1. The van der Waals surface area contributed by atoms with Gasteiger partial charge in [-0.15, -0.1) is 6.58 Å². The van der Waals surface area contributed by atoms with Crippen LogP contribution in [-0.2, 0) is 0 Å². The summed E-state index contributed by atoms with van der Waals surface area (Å²) in [6.45, 7) is 3.71. The third kappa shape index (κ3) is 2.26. The Kier molecular flexibility index (Phi) is 3.47. The number of nitrogens with zero attached hydrogens (tertiary/aromatic N) is 1. The van der Waals surface area contributed by atoms with E-state index >= 15 is 0 Å². The van der Waals surface area contributed by atoms with E-state index in [0.29, 0.717) is 5.92 Å². The number of fused-ring (bicyclic) bond motifs is 2. The Labute approximate surface area is 93.0 Å². The fraction of sp³-hybridized carbons (Fsp3) is 0.846. The molecule has 2 bridgehead atoms. The summed E-state index contributed by atoms with van der Waals surface area (Å²) in [4.78, 5) is 2.52. The van der Waals surface area contributed by atoms with Crippen LogP contribution in [0.1, 0.15) is 38.5 Å². The van der Waals surface area contributed by atoms with Crippen LogP contribution >= 0.6 is 0 Å². The molecule has 3 unspecified atom stereocenters. The van der Waals surface area contributed by atoms with Crippen molar-refractivity contribution in [3.05, 3.63) is 12.7 Å². The van der Waals surface area contributed by atoms with Crippen LogP contribution < -0.4 is 0 Å². The minimum Gasteiger partial charge on any atom is -0.393 e. The van der Waals surface area contributed by atoms with E-state index in [1.807, 2.05) is 6.08 Å². The third-order valence-electron chi connectivity index (χ3n) is 4.35. The summed E-state index contributed by atoms with van der Waals surface area (Å²) in [5.41, 5.74) is 0. The quantitative estimate of drug-likeness (QED) is 0.717. The molecular weight excluding hydrogens is 186 g/mol. The van der Waals surface area contributed by atoms with Gasteiger partial charge in [-0.3, -0.25) is 0 Å². The van der Waals surface area contributed by atoms with E-state index in [9.17, 15) is 5.11 Å². The highest BCUT2D eigenvalue weighted by Crippen LogP contribution is 2.39. The highest BCUT2D eigenvalue weighted by Gasteiger charge is 2.40. The van der Waals surface area contributed by atoms with Crippen molar-refractivity contribution < 1.29 is 5.11 Å². The van der Waals surface area contributed by atoms with Crippen LogP contribution in [0.25, 0.3) is 0 Å². The van der Waals surface area contributed by atoms with Gasteiger partial charge in [0.25, 0.3) is 0 Å². The second-order valence-corrected chi connectivity index (χ2v) is 5.22. The molecule has 15 heavy (non-hydrogen) atoms. The van der Waals surface area contributed by atoms with Gasteiger partial charge in [0.15, 0.2) is 0 Å². The maximum atomic E-state index is 10.1. The van der Waals surface area contributed by atoms with Gasteiger partial charge < -0.3 is 10.0 Å². The highest BCUT2D eigenvalue weighted by molar-refractivity contribution is 4.95. The predicted molar refractivity (Wildman–Crippen MR) is 62.7 cm³/mol. The van der Waals surface area contributed by atoms with Crippen molar-refractivity contribution >= 4 is 0 Å². The van der Waals surface area contributed by atoms with Gasteiger partial charge in [0.05, 0.1) is 6.10 Å².